The zero-order valence-corrected chi connectivity index (χ0v) is 65.5. The minimum Gasteiger partial charge on any atom is -0.394 e. The number of amides is 1. The summed E-state index contributed by atoms with van der Waals surface area (Å²) < 4.78 is 23.0. The fraction of sp³-hybridized carbons (Fsp3) is 0.965. The Kier molecular flexibility index (Phi) is 67.0. The molecule has 2 fully saturated rings. The molecule has 12 unspecified atom stereocenters. The first-order chi connectivity index (χ1) is 49.1. The number of aliphatic hydroxyl groups excluding tert-OH is 8. The van der Waals surface area contributed by atoms with Gasteiger partial charge in [0.05, 0.1) is 32.0 Å². The van der Waals surface area contributed by atoms with Gasteiger partial charge in [0.2, 0.25) is 5.91 Å². The molecule has 0 aromatic heterocycles. The lowest BCUT2D eigenvalue weighted by Gasteiger charge is -2.46. The van der Waals surface area contributed by atoms with Crippen molar-refractivity contribution in [2.24, 2.45) is 0 Å². The second-order valence-corrected chi connectivity index (χ2v) is 31.4. The van der Waals surface area contributed by atoms with Crippen LogP contribution in [0.15, 0.2) is 12.2 Å². The third-order valence-corrected chi connectivity index (χ3v) is 22.0. The molecule has 2 aliphatic heterocycles. The molecule has 14 heteroatoms. The Hall–Kier alpha value is -1.27. The van der Waals surface area contributed by atoms with Crippen molar-refractivity contribution in [3.63, 3.8) is 0 Å². The number of carbonyl (C=O) groups is 1. The molecule has 2 saturated heterocycles. The van der Waals surface area contributed by atoms with E-state index in [0.29, 0.717) is 0 Å². The molecule has 2 rings (SSSR count). The second kappa shape index (κ2) is 70.7. The van der Waals surface area contributed by atoms with E-state index in [4.69, 9.17) is 18.9 Å². The highest BCUT2D eigenvalue weighted by Gasteiger charge is 2.51. The molecule has 0 saturated carbocycles. The normalized spacial score (nSPS) is 21.8. The number of rotatable bonds is 76. The van der Waals surface area contributed by atoms with E-state index in [-0.39, 0.29) is 18.9 Å². The Labute approximate surface area is 616 Å². The Morgan fingerprint density at radius 1 is 0.350 bits per heavy atom. The standard InChI is InChI=1S/C86H167NO13/c1-3-5-7-9-11-13-15-17-19-21-23-25-27-29-31-33-35-36-37-38-39-40-42-44-46-48-50-52-54-56-58-60-62-64-66-68-70-78(91)87-74(73-97-85-83(96)81(94)84(77(72-89)99-85)100-86-82(95)80(93)79(92)76(71-88)98-86)75(90)69-67-65-63-61-59-57-55-53-51-49-47-45-43-41-34-32-30-28-26-24-22-20-18-16-14-12-10-8-6-4-2/h67,69,74-77,79-86,88-90,92-96H,3-66,68,70-73H2,1-2H3,(H,87,91)/b69-67+. The zero-order valence-electron chi connectivity index (χ0n) is 65.5. The van der Waals surface area contributed by atoms with Gasteiger partial charge < -0.3 is 65.1 Å². The van der Waals surface area contributed by atoms with Crippen molar-refractivity contribution < 1.29 is 64.6 Å². The van der Waals surface area contributed by atoms with Crippen molar-refractivity contribution >= 4 is 5.91 Å². The van der Waals surface area contributed by atoms with Gasteiger partial charge in [0.1, 0.15) is 48.8 Å². The summed E-state index contributed by atoms with van der Waals surface area (Å²) in [5.74, 6) is -0.227. The van der Waals surface area contributed by atoms with Crippen LogP contribution in [0.1, 0.15) is 438 Å². The number of hydrogen-bond acceptors (Lipinski definition) is 13. The van der Waals surface area contributed by atoms with E-state index in [2.05, 4.69) is 19.2 Å². The van der Waals surface area contributed by atoms with Crippen molar-refractivity contribution in [1.82, 2.24) is 5.32 Å². The summed E-state index contributed by atoms with van der Waals surface area (Å²) in [6.07, 6.45) is 74.7. The summed E-state index contributed by atoms with van der Waals surface area (Å²) in [5.41, 5.74) is 0. The maximum atomic E-state index is 13.4. The van der Waals surface area contributed by atoms with Crippen LogP contribution >= 0.6 is 0 Å². The third kappa shape index (κ3) is 52.7. The molecular formula is C86H167NO13. The smallest absolute Gasteiger partial charge is 0.220 e. The van der Waals surface area contributed by atoms with Gasteiger partial charge in [-0.2, -0.15) is 0 Å². The minimum absolute atomic E-state index is 0.227. The molecule has 9 N–H and O–H groups in total. The van der Waals surface area contributed by atoms with Gasteiger partial charge in [0, 0.05) is 6.42 Å². The van der Waals surface area contributed by atoms with Gasteiger partial charge in [-0.1, -0.05) is 424 Å². The summed E-state index contributed by atoms with van der Waals surface area (Å²) in [6.45, 7) is 2.89. The molecule has 0 spiro atoms. The fourth-order valence-electron chi connectivity index (χ4n) is 15.1. The minimum atomic E-state index is -1.79. The molecule has 0 bridgehead atoms. The molecule has 594 valence electrons. The Morgan fingerprint density at radius 2 is 0.620 bits per heavy atom. The van der Waals surface area contributed by atoms with Crippen LogP contribution in [0.25, 0.3) is 0 Å². The molecule has 0 aromatic rings. The topological polar surface area (TPSA) is 228 Å². The lowest BCUT2D eigenvalue weighted by Crippen LogP contribution is -2.65. The summed E-state index contributed by atoms with van der Waals surface area (Å²) in [4.78, 5) is 13.4. The number of hydrogen-bond donors (Lipinski definition) is 9. The predicted octanol–water partition coefficient (Wildman–Crippen LogP) is 20.8. The first-order valence-electron chi connectivity index (χ1n) is 43.9. The van der Waals surface area contributed by atoms with E-state index in [1.165, 1.54) is 372 Å². The van der Waals surface area contributed by atoms with Crippen LogP contribution in [-0.2, 0) is 23.7 Å². The van der Waals surface area contributed by atoms with Gasteiger partial charge in [-0.3, -0.25) is 4.79 Å². The van der Waals surface area contributed by atoms with Gasteiger partial charge in [-0.25, -0.2) is 0 Å². The lowest BCUT2D eigenvalue weighted by molar-refractivity contribution is -0.359. The summed E-state index contributed by atoms with van der Waals surface area (Å²) >= 11 is 0. The van der Waals surface area contributed by atoms with Crippen molar-refractivity contribution in [2.45, 2.75) is 511 Å². The molecule has 14 nitrogen and oxygen atoms in total. The van der Waals surface area contributed by atoms with Crippen LogP contribution in [0, 0.1) is 0 Å². The maximum Gasteiger partial charge on any atom is 0.220 e. The van der Waals surface area contributed by atoms with Crippen LogP contribution < -0.4 is 5.32 Å². The van der Waals surface area contributed by atoms with Crippen LogP contribution in [0.4, 0.5) is 0 Å². The maximum absolute atomic E-state index is 13.4. The predicted molar refractivity (Wildman–Crippen MR) is 416 cm³/mol. The van der Waals surface area contributed by atoms with E-state index in [0.717, 1.165) is 44.9 Å². The first kappa shape index (κ1) is 94.8. The number of unbranched alkanes of at least 4 members (excludes halogenated alkanes) is 63. The van der Waals surface area contributed by atoms with E-state index < -0.39 is 86.8 Å². The van der Waals surface area contributed by atoms with Gasteiger partial charge in [0.25, 0.3) is 0 Å². The van der Waals surface area contributed by atoms with E-state index >= 15 is 0 Å². The average Bonchev–Trinajstić information content (AvgIpc) is 0.791. The number of ether oxygens (including phenoxy) is 4. The quantitative estimate of drug-likeness (QED) is 0.0204. The van der Waals surface area contributed by atoms with E-state index in [1.807, 2.05) is 6.08 Å². The first-order valence-corrected chi connectivity index (χ1v) is 43.9. The molecule has 0 radical (unpaired) electrons. The number of carbonyl (C=O) groups excluding carboxylic acids is 1. The van der Waals surface area contributed by atoms with Crippen molar-refractivity contribution in [2.75, 3.05) is 19.8 Å². The zero-order chi connectivity index (χ0) is 72.2. The summed E-state index contributed by atoms with van der Waals surface area (Å²) in [5, 5.41) is 87.8. The molecule has 12 atom stereocenters. The molecule has 0 aliphatic carbocycles. The van der Waals surface area contributed by atoms with Gasteiger partial charge in [0.15, 0.2) is 12.6 Å². The highest BCUT2D eigenvalue weighted by Crippen LogP contribution is 2.31. The van der Waals surface area contributed by atoms with Gasteiger partial charge >= 0.3 is 0 Å². The molecule has 2 heterocycles. The Bertz CT molecular complexity index is 1730. The van der Waals surface area contributed by atoms with Crippen LogP contribution in [0.5, 0.6) is 0 Å². The van der Waals surface area contributed by atoms with Crippen LogP contribution in [0.2, 0.25) is 0 Å². The van der Waals surface area contributed by atoms with Gasteiger partial charge in [-0.05, 0) is 19.3 Å². The van der Waals surface area contributed by atoms with Crippen LogP contribution in [-0.4, -0.2) is 140 Å². The second-order valence-electron chi connectivity index (χ2n) is 31.4. The summed E-state index contributed by atoms with van der Waals surface area (Å²) in [7, 11) is 0. The monoisotopic (exact) mass is 1420 g/mol. The SMILES string of the molecule is CCCCCCCCCCCCCCCCCCCCCCCCCCCCCC/C=C/C(O)C(COC1OC(CO)C(OC2OC(CO)C(O)C(O)C2O)C(O)C1O)NC(=O)CCCCCCCCCCCCCCCCCCCCCCCCCCCCCCCCCCCCCC. The number of allylic oxidation sites excluding steroid dienone is 1. The average molecular weight is 1420 g/mol. The van der Waals surface area contributed by atoms with Crippen molar-refractivity contribution in [3.05, 3.63) is 12.2 Å². The molecule has 2 aliphatic rings. The lowest BCUT2D eigenvalue weighted by atomic mass is 9.97. The number of aliphatic hydroxyl groups is 8. The van der Waals surface area contributed by atoms with Crippen molar-refractivity contribution in [3.8, 4) is 0 Å². The number of nitrogens with one attached hydrogen (secondary N) is 1. The van der Waals surface area contributed by atoms with Crippen molar-refractivity contribution in [1.29, 1.82) is 0 Å². The molecular weight excluding hydrogens is 1250 g/mol. The Morgan fingerprint density at radius 3 is 0.920 bits per heavy atom. The molecule has 100 heavy (non-hydrogen) atoms. The fourth-order valence-corrected chi connectivity index (χ4v) is 15.1. The van der Waals surface area contributed by atoms with E-state index in [9.17, 15) is 45.6 Å². The highest BCUT2D eigenvalue weighted by atomic mass is 16.7. The molecule has 1 amide bonds. The van der Waals surface area contributed by atoms with Gasteiger partial charge in [-0.15, -0.1) is 0 Å². The summed E-state index contributed by atoms with van der Waals surface area (Å²) in [6, 6.07) is -0.913. The highest BCUT2D eigenvalue weighted by molar-refractivity contribution is 5.76. The largest absolute Gasteiger partial charge is 0.394 e. The Balaban J connectivity index is 1.57. The van der Waals surface area contributed by atoms with E-state index in [1.54, 1.807) is 6.08 Å². The van der Waals surface area contributed by atoms with Crippen LogP contribution in [0.3, 0.4) is 0 Å². The molecule has 0 aromatic carbocycles. The third-order valence-electron chi connectivity index (χ3n) is 22.0.